The van der Waals surface area contributed by atoms with Crippen molar-refractivity contribution in [2.45, 2.75) is 52.1 Å². The van der Waals surface area contributed by atoms with Crippen molar-refractivity contribution in [3.05, 3.63) is 11.6 Å². The van der Waals surface area contributed by atoms with Crippen LogP contribution in [0.25, 0.3) is 0 Å². The Balaban J connectivity index is 2.33. The van der Waals surface area contributed by atoms with Crippen molar-refractivity contribution in [3.8, 4) is 0 Å². The molecule has 23 heavy (non-hydrogen) atoms. The predicted octanol–water partition coefficient (Wildman–Crippen LogP) is 2.23. The minimum Gasteiger partial charge on any atom is -0.478 e. The molecule has 1 rings (SSSR count). The van der Waals surface area contributed by atoms with Crippen LogP contribution in [0.4, 0.5) is 0 Å². The number of carbonyl (C=O) groups excluding carboxylic acids is 1. The van der Waals surface area contributed by atoms with Gasteiger partial charge < -0.3 is 14.6 Å². The van der Waals surface area contributed by atoms with Gasteiger partial charge in [-0.3, -0.25) is 4.90 Å². The molecule has 0 atom stereocenters. The first kappa shape index (κ1) is 19.6. The third-order valence-corrected chi connectivity index (χ3v) is 3.48. The highest BCUT2D eigenvalue weighted by Crippen LogP contribution is 2.16. The van der Waals surface area contributed by atoms with Gasteiger partial charge in [-0.2, -0.15) is 0 Å². The van der Waals surface area contributed by atoms with Gasteiger partial charge in [0.25, 0.3) is 0 Å². The molecular weight excluding hydrogens is 298 g/mol. The van der Waals surface area contributed by atoms with E-state index in [1.165, 1.54) is 0 Å². The number of carbonyl (C=O) groups is 2. The van der Waals surface area contributed by atoms with Gasteiger partial charge in [0.05, 0.1) is 13.2 Å². The summed E-state index contributed by atoms with van der Waals surface area (Å²) in [7, 11) is 0. The first-order chi connectivity index (χ1) is 10.8. The number of carboxylic acid groups (broad SMARTS) is 1. The normalized spacial score (nSPS) is 17.1. The van der Waals surface area contributed by atoms with Crippen molar-refractivity contribution >= 4 is 11.9 Å². The molecule has 1 aliphatic rings. The highest BCUT2D eigenvalue weighted by molar-refractivity contribution is 5.95. The number of carboxylic acids is 1. The van der Waals surface area contributed by atoms with Gasteiger partial charge in [0, 0.05) is 24.7 Å². The van der Waals surface area contributed by atoms with Crippen LogP contribution in [-0.4, -0.2) is 60.4 Å². The molecule has 0 aliphatic carbocycles. The summed E-state index contributed by atoms with van der Waals surface area (Å²) in [4.78, 5) is 25.3. The fraction of sp³-hybridized carbons (Fsp3) is 0.765. The van der Waals surface area contributed by atoms with Gasteiger partial charge in [0.15, 0.2) is 0 Å². The van der Waals surface area contributed by atoms with E-state index < -0.39 is 17.5 Å². The van der Waals surface area contributed by atoms with E-state index in [0.717, 1.165) is 58.2 Å². The SMILES string of the molecule is CC(C)(C)OC(=O)/C(=C/C(=O)O)CCCCCN1CCOCC1. The minimum atomic E-state index is -1.11. The van der Waals surface area contributed by atoms with Crippen LogP contribution in [0.2, 0.25) is 0 Å². The van der Waals surface area contributed by atoms with Crippen LogP contribution in [0.5, 0.6) is 0 Å². The molecule has 1 N–H and O–H groups in total. The quantitative estimate of drug-likeness (QED) is 0.418. The summed E-state index contributed by atoms with van der Waals surface area (Å²) in [6.45, 7) is 9.87. The molecular formula is C17H29NO5. The van der Waals surface area contributed by atoms with E-state index >= 15 is 0 Å². The molecule has 0 aromatic rings. The molecule has 1 saturated heterocycles. The molecule has 0 aromatic carbocycles. The summed E-state index contributed by atoms with van der Waals surface area (Å²) >= 11 is 0. The molecule has 0 unspecified atom stereocenters. The first-order valence-corrected chi connectivity index (χ1v) is 8.25. The lowest BCUT2D eigenvalue weighted by atomic mass is 10.1. The van der Waals surface area contributed by atoms with E-state index in [9.17, 15) is 9.59 Å². The van der Waals surface area contributed by atoms with E-state index in [1.54, 1.807) is 20.8 Å². The van der Waals surface area contributed by atoms with Crippen molar-refractivity contribution in [2.75, 3.05) is 32.8 Å². The Kier molecular flexibility index (Phi) is 8.26. The second-order valence-electron chi connectivity index (χ2n) is 6.77. The molecule has 1 fully saturated rings. The average molecular weight is 327 g/mol. The van der Waals surface area contributed by atoms with Crippen LogP contribution in [0, 0.1) is 0 Å². The molecule has 132 valence electrons. The van der Waals surface area contributed by atoms with Crippen molar-refractivity contribution in [1.82, 2.24) is 4.90 Å². The molecule has 1 heterocycles. The van der Waals surface area contributed by atoms with Crippen molar-refractivity contribution in [2.24, 2.45) is 0 Å². The average Bonchev–Trinajstić information content (AvgIpc) is 2.44. The van der Waals surface area contributed by atoms with Crippen LogP contribution in [0.1, 0.15) is 46.5 Å². The van der Waals surface area contributed by atoms with E-state index in [1.807, 2.05) is 0 Å². The van der Waals surface area contributed by atoms with E-state index in [-0.39, 0.29) is 5.57 Å². The molecule has 1 aliphatic heterocycles. The summed E-state index contributed by atoms with van der Waals surface area (Å²) in [5, 5.41) is 8.90. The smallest absolute Gasteiger partial charge is 0.334 e. The van der Waals surface area contributed by atoms with Crippen molar-refractivity contribution in [1.29, 1.82) is 0 Å². The summed E-state index contributed by atoms with van der Waals surface area (Å²) in [5.41, 5.74) is -0.385. The van der Waals surface area contributed by atoms with Gasteiger partial charge in [0.2, 0.25) is 0 Å². The maximum atomic E-state index is 12.0. The molecule has 0 amide bonds. The predicted molar refractivity (Wildman–Crippen MR) is 87.3 cm³/mol. The number of ether oxygens (including phenoxy) is 2. The Morgan fingerprint density at radius 3 is 2.39 bits per heavy atom. The van der Waals surface area contributed by atoms with E-state index in [4.69, 9.17) is 14.6 Å². The van der Waals surface area contributed by atoms with Crippen LogP contribution in [-0.2, 0) is 19.1 Å². The molecule has 0 radical (unpaired) electrons. The van der Waals surface area contributed by atoms with Gasteiger partial charge in [-0.1, -0.05) is 6.42 Å². The van der Waals surface area contributed by atoms with Crippen LogP contribution >= 0.6 is 0 Å². The first-order valence-electron chi connectivity index (χ1n) is 8.25. The summed E-state index contributed by atoms with van der Waals surface area (Å²) in [5.74, 6) is -1.65. The third kappa shape index (κ3) is 9.36. The third-order valence-electron chi connectivity index (χ3n) is 3.48. The lowest BCUT2D eigenvalue weighted by Crippen LogP contribution is -2.36. The largest absolute Gasteiger partial charge is 0.478 e. The van der Waals surface area contributed by atoms with E-state index in [0.29, 0.717) is 6.42 Å². The lowest BCUT2D eigenvalue weighted by molar-refractivity contribution is -0.150. The Bertz CT molecular complexity index is 419. The maximum absolute atomic E-state index is 12.0. The molecule has 0 saturated carbocycles. The zero-order valence-corrected chi connectivity index (χ0v) is 14.5. The monoisotopic (exact) mass is 327 g/mol. The number of nitrogens with zero attached hydrogens (tertiary/aromatic N) is 1. The summed E-state index contributed by atoms with van der Waals surface area (Å²) in [6.07, 6.45) is 4.18. The topological polar surface area (TPSA) is 76.1 Å². The van der Waals surface area contributed by atoms with Gasteiger partial charge >= 0.3 is 11.9 Å². The highest BCUT2D eigenvalue weighted by atomic mass is 16.6. The zero-order chi connectivity index (χ0) is 17.3. The Labute approximate surface area is 138 Å². The van der Waals surface area contributed by atoms with Crippen LogP contribution < -0.4 is 0 Å². The maximum Gasteiger partial charge on any atom is 0.334 e. The molecule has 6 nitrogen and oxygen atoms in total. The van der Waals surface area contributed by atoms with Gasteiger partial charge in [-0.05, 0) is 46.6 Å². The summed E-state index contributed by atoms with van der Waals surface area (Å²) in [6, 6.07) is 0. The molecule has 0 aromatic heterocycles. The highest BCUT2D eigenvalue weighted by Gasteiger charge is 2.20. The lowest BCUT2D eigenvalue weighted by Gasteiger charge is -2.26. The number of unbranched alkanes of at least 4 members (excludes halogenated alkanes) is 2. The Morgan fingerprint density at radius 2 is 1.83 bits per heavy atom. The number of esters is 1. The van der Waals surface area contributed by atoms with Crippen molar-refractivity contribution < 1.29 is 24.2 Å². The van der Waals surface area contributed by atoms with Crippen molar-refractivity contribution in [3.63, 3.8) is 0 Å². The summed E-state index contributed by atoms with van der Waals surface area (Å²) < 4.78 is 10.6. The van der Waals surface area contributed by atoms with Crippen LogP contribution in [0.15, 0.2) is 11.6 Å². The number of hydrogen-bond acceptors (Lipinski definition) is 5. The van der Waals surface area contributed by atoms with Gasteiger partial charge in [0.1, 0.15) is 5.60 Å². The molecule has 0 bridgehead atoms. The van der Waals surface area contributed by atoms with Gasteiger partial charge in [-0.15, -0.1) is 0 Å². The number of rotatable bonds is 8. The molecule has 6 heteroatoms. The standard InChI is InChI=1S/C17H29NO5/c1-17(2,3)23-16(21)14(13-15(19)20)7-5-4-6-8-18-9-11-22-12-10-18/h13H,4-12H2,1-3H3,(H,19,20)/b14-13+. The van der Waals surface area contributed by atoms with Gasteiger partial charge in [-0.25, -0.2) is 9.59 Å². The Morgan fingerprint density at radius 1 is 1.17 bits per heavy atom. The number of hydrogen-bond donors (Lipinski definition) is 1. The molecule has 0 spiro atoms. The van der Waals surface area contributed by atoms with E-state index in [2.05, 4.69) is 4.90 Å². The second-order valence-corrected chi connectivity index (χ2v) is 6.77. The Hall–Kier alpha value is -1.40. The fourth-order valence-corrected chi connectivity index (χ4v) is 2.38. The second kappa shape index (κ2) is 9.67. The minimum absolute atomic E-state index is 0.235. The number of aliphatic carboxylic acids is 1. The van der Waals surface area contributed by atoms with Crippen LogP contribution in [0.3, 0.4) is 0 Å². The number of morpholine rings is 1. The fourth-order valence-electron chi connectivity index (χ4n) is 2.38. The zero-order valence-electron chi connectivity index (χ0n) is 14.5.